The predicted octanol–water partition coefficient (Wildman–Crippen LogP) is 1.76. The Balaban J connectivity index is 1.86. The van der Waals surface area contributed by atoms with Crippen molar-refractivity contribution in [2.75, 3.05) is 31.1 Å². The van der Waals surface area contributed by atoms with Crippen molar-refractivity contribution >= 4 is 10.8 Å². The van der Waals surface area contributed by atoms with Crippen LogP contribution in [0.5, 0.6) is 0 Å². The van der Waals surface area contributed by atoms with E-state index in [2.05, 4.69) is 36.9 Å². The smallest absolute Gasteiger partial charge is 0.0363 e. The number of hydrogen-bond donors (Lipinski definition) is 1. The van der Waals surface area contributed by atoms with Gasteiger partial charge in [-0.1, -0.05) is 29.3 Å². The number of benzene rings is 1. The summed E-state index contributed by atoms with van der Waals surface area (Å²) >= 11 is 0. The molecule has 1 atom stereocenters. The van der Waals surface area contributed by atoms with Gasteiger partial charge in [-0.05, 0) is 25.8 Å². The van der Waals surface area contributed by atoms with Gasteiger partial charge in [-0.25, -0.2) is 0 Å². The normalized spacial score (nSPS) is 19.5. The molecule has 0 aromatic heterocycles. The highest BCUT2D eigenvalue weighted by molar-refractivity contribution is 7.85. The van der Waals surface area contributed by atoms with Gasteiger partial charge in [-0.15, -0.1) is 0 Å². The van der Waals surface area contributed by atoms with E-state index in [9.17, 15) is 4.21 Å². The monoisotopic (exact) mass is 280 g/mol. The van der Waals surface area contributed by atoms with Gasteiger partial charge in [0.05, 0.1) is 0 Å². The molecular weight excluding hydrogens is 256 g/mol. The standard InChI is InChI=1S/C15H24N2OS/c1-12-9-13(2)11-14(10-12)15(16)3-4-17-5-7-19(18)8-6-17/h9-11,15H,3-8,16H2,1-2H3. The van der Waals surface area contributed by atoms with Gasteiger partial charge in [-0.3, -0.25) is 4.21 Å². The van der Waals surface area contributed by atoms with Crippen molar-refractivity contribution in [3.63, 3.8) is 0 Å². The van der Waals surface area contributed by atoms with Gasteiger partial charge in [0.1, 0.15) is 0 Å². The quantitative estimate of drug-likeness (QED) is 0.914. The fraction of sp³-hybridized carbons (Fsp3) is 0.600. The molecule has 4 heteroatoms. The van der Waals surface area contributed by atoms with Gasteiger partial charge in [0.15, 0.2) is 0 Å². The highest BCUT2D eigenvalue weighted by atomic mass is 32.2. The van der Waals surface area contributed by atoms with Crippen LogP contribution in [0.1, 0.15) is 29.2 Å². The Kier molecular flexibility index (Phi) is 5.13. The zero-order valence-electron chi connectivity index (χ0n) is 11.9. The molecule has 1 heterocycles. The van der Waals surface area contributed by atoms with E-state index in [1.807, 2.05) is 0 Å². The Bertz CT molecular complexity index is 431. The van der Waals surface area contributed by atoms with Gasteiger partial charge in [0.25, 0.3) is 0 Å². The summed E-state index contributed by atoms with van der Waals surface area (Å²) in [5.41, 5.74) is 10.1. The van der Waals surface area contributed by atoms with Crippen LogP contribution in [-0.2, 0) is 10.8 Å². The van der Waals surface area contributed by atoms with E-state index in [1.54, 1.807) is 0 Å². The Morgan fingerprint density at radius 3 is 2.37 bits per heavy atom. The first-order valence-corrected chi connectivity index (χ1v) is 8.44. The number of rotatable bonds is 4. The topological polar surface area (TPSA) is 46.3 Å². The minimum Gasteiger partial charge on any atom is -0.324 e. The first-order chi connectivity index (χ1) is 9.04. The first kappa shape index (κ1) is 14.7. The maximum atomic E-state index is 11.3. The fourth-order valence-corrected chi connectivity index (χ4v) is 3.74. The molecule has 19 heavy (non-hydrogen) atoms. The molecule has 1 aliphatic rings. The first-order valence-electron chi connectivity index (χ1n) is 6.96. The van der Waals surface area contributed by atoms with Crippen LogP contribution < -0.4 is 5.73 Å². The summed E-state index contributed by atoms with van der Waals surface area (Å²) in [5.74, 6) is 1.64. The maximum Gasteiger partial charge on any atom is 0.0363 e. The molecule has 2 rings (SSSR count). The van der Waals surface area contributed by atoms with Gasteiger partial charge < -0.3 is 10.6 Å². The fourth-order valence-electron chi connectivity index (χ4n) is 2.61. The van der Waals surface area contributed by atoms with Crippen LogP contribution in [0.25, 0.3) is 0 Å². The molecule has 0 spiro atoms. The molecule has 0 aliphatic carbocycles. The molecule has 3 nitrogen and oxygen atoms in total. The second-order valence-corrected chi connectivity index (χ2v) is 7.20. The van der Waals surface area contributed by atoms with Crippen LogP contribution in [0.2, 0.25) is 0 Å². The van der Waals surface area contributed by atoms with Crippen LogP contribution in [-0.4, -0.2) is 40.2 Å². The van der Waals surface area contributed by atoms with Crippen molar-refractivity contribution in [3.8, 4) is 0 Å². The van der Waals surface area contributed by atoms with Crippen LogP contribution in [0, 0.1) is 13.8 Å². The summed E-state index contributed by atoms with van der Waals surface area (Å²) in [4.78, 5) is 2.38. The SMILES string of the molecule is Cc1cc(C)cc(C(N)CCN2CCS(=O)CC2)c1. The van der Waals surface area contributed by atoms with Crippen LogP contribution in [0.15, 0.2) is 18.2 Å². The van der Waals surface area contributed by atoms with Gasteiger partial charge in [0.2, 0.25) is 0 Å². The maximum absolute atomic E-state index is 11.3. The zero-order valence-corrected chi connectivity index (χ0v) is 12.7. The third-order valence-electron chi connectivity index (χ3n) is 3.70. The number of nitrogens with two attached hydrogens (primary N) is 1. The summed E-state index contributed by atoms with van der Waals surface area (Å²) in [6.07, 6.45) is 0.968. The molecule has 0 saturated carbocycles. The number of aryl methyl sites for hydroxylation is 2. The molecule has 1 aliphatic heterocycles. The van der Waals surface area contributed by atoms with Crippen molar-refractivity contribution in [2.45, 2.75) is 26.3 Å². The third kappa shape index (κ3) is 4.41. The molecule has 1 aromatic rings. The summed E-state index contributed by atoms with van der Waals surface area (Å²) in [6.45, 7) is 7.13. The van der Waals surface area contributed by atoms with Crippen molar-refractivity contribution < 1.29 is 4.21 Å². The Morgan fingerprint density at radius 1 is 1.21 bits per heavy atom. The summed E-state index contributed by atoms with van der Waals surface area (Å²) in [6, 6.07) is 6.65. The summed E-state index contributed by atoms with van der Waals surface area (Å²) in [5, 5.41) is 0. The van der Waals surface area contributed by atoms with Crippen molar-refractivity contribution in [1.82, 2.24) is 4.90 Å². The van der Waals surface area contributed by atoms with E-state index >= 15 is 0 Å². The molecule has 0 bridgehead atoms. The molecular formula is C15H24N2OS. The Labute approximate surface area is 118 Å². The van der Waals surface area contributed by atoms with Crippen LogP contribution in [0.4, 0.5) is 0 Å². The average molecular weight is 280 g/mol. The Hall–Kier alpha value is -0.710. The van der Waals surface area contributed by atoms with Crippen molar-refractivity contribution in [1.29, 1.82) is 0 Å². The van der Waals surface area contributed by atoms with Gasteiger partial charge in [0, 0.05) is 48.0 Å². The lowest BCUT2D eigenvalue weighted by molar-refractivity contribution is 0.287. The van der Waals surface area contributed by atoms with Crippen LogP contribution in [0.3, 0.4) is 0 Å². The highest BCUT2D eigenvalue weighted by Gasteiger charge is 2.16. The van der Waals surface area contributed by atoms with Crippen LogP contribution >= 0.6 is 0 Å². The molecule has 1 unspecified atom stereocenters. The molecule has 2 N–H and O–H groups in total. The molecule has 1 aromatic carbocycles. The highest BCUT2D eigenvalue weighted by Crippen LogP contribution is 2.18. The van der Waals surface area contributed by atoms with E-state index in [4.69, 9.17) is 5.73 Å². The average Bonchev–Trinajstić information content (AvgIpc) is 2.36. The second-order valence-electron chi connectivity index (χ2n) is 5.51. The van der Waals surface area contributed by atoms with Crippen molar-refractivity contribution in [2.24, 2.45) is 5.73 Å². The summed E-state index contributed by atoms with van der Waals surface area (Å²) in [7, 11) is -0.590. The van der Waals surface area contributed by atoms with Gasteiger partial charge >= 0.3 is 0 Å². The van der Waals surface area contributed by atoms with E-state index in [1.165, 1.54) is 16.7 Å². The Morgan fingerprint density at radius 2 is 1.79 bits per heavy atom. The van der Waals surface area contributed by atoms with Gasteiger partial charge in [-0.2, -0.15) is 0 Å². The zero-order chi connectivity index (χ0) is 13.8. The predicted molar refractivity (Wildman–Crippen MR) is 81.8 cm³/mol. The molecule has 0 amide bonds. The van der Waals surface area contributed by atoms with E-state index in [0.29, 0.717) is 0 Å². The van der Waals surface area contributed by atoms with E-state index in [0.717, 1.165) is 37.6 Å². The largest absolute Gasteiger partial charge is 0.324 e. The van der Waals surface area contributed by atoms with Crippen molar-refractivity contribution in [3.05, 3.63) is 34.9 Å². The molecule has 0 radical (unpaired) electrons. The number of hydrogen-bond acceptors (Lipinski definition) is 3. The number of nitrogens with zero attached hydrogens (tertiary/aromatic N) is 1. The minimum atomic E-state index is -0.590. The van der Waals surface area contributed by atoms with E-state index < -0.39 is 10.8 Å². The lowest BCUT2D eigenvalue weighted by atomic mass is 9.99. The minimum absolute atomic E-state index is 0.103. The lowest BCUT2D eigenvalue weighted by Gasteiger charge is -2.27. The summed E-state index contributed by atoms with van der Waals surface area (Å²) < 4.78 is 11.3. The van der Waals surface area contributed by atoms with E-state index in [-0.39, 0.29) is 6.04 Å². The molecule has 106 valence electrons. The lowest BCUT2D eigenvalue weighted by Crippen LogP contribution is -2.39. The molecule has 1 fully saturated rings. The third-order valence-corrected chi connectivity index (χ3v) is 4.97. The molecule has 1 saturated heterocycles. The second kappa shape index (κ2) is 6.64.